The zero-order chi connectivity index (χ0) is 20.3. The average molecular weight is 396 g/mol. The highest BCUT2D eigenvalue weighted by Crippen LogP contribution is 2.32. The van der Waals surface area contributed by atoms with Gasteiger partial charge in [0.1, 0.15) is 0 Å². The zero-order valence-electron chi connectivity index (χ0n) is 15.8. The standard InChI is InChI=1S/C14H19NO2.C6H7ClOS/c1-6-8-9-13(7-2)12(5)15-11(4)10(3)14(16)17;1-2-4-3-5(8)9-6(4)7/h6-9H,2H2,1,3-5H3,(H,16,17);3,8H,2H2,1H3/b8-6-,11-10+,13-9+,15-12-;. The van der Waals surface area contributed by atoms with Gasteiger partial charge in [-0.05, 0) is 51.3 Å². The van der Waals surface area contributed by atoms with Gasteiger partial charge in [-0.3, -0.25) is 4.99 Å². The molecule has 0 unspecified atom stereocenters. The molecule has 1 rings (SSSR count). The molecule has 0 aliphatic heterocycles. The summed E-state index contributed by atoms with van der Waals surface area (Å²) in [7, 11) is 0. The number of allylic oxidation sites excluding steroid dienone is 6. The van der Waals surface area contributed by atoms with E-state index in [0.29, 0.717) is 15.1 Å². The molecule has 0 spiro atoms. The summed E-state index contributed by atoms with van der Waals surface area (Å²) < 4.78 is 0.704. The lowest BCUT2D eigenvalue weighted by molar-refractivity contribution is -0.132. The van der Waals surface area contributed by atoms with Crippen LogP contribution in [0.4, 0.5) is 0 Å². The maximum absolute atomic E-state index is 10.8. The van der Waals surface area contributed by atoms with E-state index in [4.69, 9.17) is 21.8 Å². The van der Waals surface area contributed by atoms with Crippen LogP contribution in [0.15, 0.2) is 58.8 Å². The molecule has 0 atom stereocenters. The predicted octanol–water partition coefficient (Wildman–Crippen LogP) is 6.18. The second-order valence-corrected chi connectivity index (χ2v) is 6.93. The summed E-state index contributed by atoms with van der Waals surface area (Å²) in [6, 6.07) is 1.70. The molecule has 0 aliphatic rings. The molecular weight excluding hydrogens is 370 g/mol. The minimum Gasteiger partial charge on any atom is -0.499 e. The first-order chi connectivity index (χ1) is 12.2. The Bertz CT molecular complexity index is 755. The Labute approximate surface area is 164 Å². The van der Waals surface area contributed by atoms with E-state index >= 15 is 0 Å². The minimum atomic E-state index is -0.948. The third kappa shape index (κ3) is 8.32. The first-order valence-corrected chi connectivity index (χ1v) is 9.26. The fourth-order valence-electron chi connectivity index (χ4n) is 1.72. The molecule has 0 bridgehead atoms. The van der Waals surface area contributed by atoms with Gasteiger partial charge in [-0.1, -0.05) is 60.7 Å². The molecule has 1 aromatic heterocycles. The average Bonchev–Trinajstić information content (AvgIpc) is 2.92. The minimum absolute atomic E-state index is 0.249. The normalized spacial score (nSPS) is 13.2. The number of halogens is 1. The molecule has 4 nitrogen and oxygen atoms in total. The van der Waals surface area contributed by atoms with Gasteiger partial charge in [0.2, 0.25) is 0 Å². The molecule has 142 valence electrons. The molecule has 26 heavy (non-hydrogen) atoms. The van der Waals surface area contributed by atoms with Gasteiger partial charge in [-0.2, -0.15) is 0 Å². The number of carbonyl (C=O) groups is 1. The molecule has 0 fully saturated rings. The number of aliphatic imine (C=N–C) groups is 1. The fraction of sp³-hybridized carbons (Fsp3) is 0.300. The van der Waals surface area contributed by atoms with Crippen LogP contribution >= 0.6 is 22.9 Å². The first kappa shape index (κ1) is 23.9. The van der Waals surface area contributed by atoms with E-state index in [-0.39, 0.29) is 5.57 Å². The number of thiophene rings is 1. The van der Waals surface area contributed by atoms with E-state index in [2.05, 4.69) is 11.6 Å². The van der Waals surface area contributed by atoms with Crippen molar-refractivity contribution in [1.82, 2.24) is 0 Å². The Morgan fingerprint density at radius 1 is 1.38 bits per heavy atom. The number of hydrogen-bond acceptors (Lipinski definition) is 4. The van der Waals surface area contributed by atoms with Crippen LogP contribution in [0, 0.1) is 0 Å². The number of nitrogens with zero attached hydrogens (tertiary/aromatic N) is 1. The van der Waals surface area contributed by atoms with Crippen LogP contribution in [0.2, 0.25) is 4.34 Å². The molecule has 0 amide bonds. The monoisotopic (exact) mass is 395 g/mol. The van der Waals surface area contributed by atoms with Crippen LogP contribution in [0.25, 0.3) is 0 Å². The predicted molar refractivity (Wildman–Crippen MR) is 113 cm³/mol. The van der Waals surface area contributed by atoms with E-state index in [0.717, 1.165) is 23.3 Å². The SMILES string of the molecule is C=CC(=C\C=C/C)/C(C)=N\C(C)=C(/C)C(=O)O.CCc1cc(O)sc1Cl. The summed E-state index contributed by atoms with van der Waals surface area (Å²) >= 11 is 6.92. The third-order valence-corrected chi connectivity index (χ3v) is 4.67. The lowest BCUT2D eigenvalue weighted by atomic mass is 10.1. The van der Waals surface area contributed by atoms with Crippen molar-refractivity contribution in [1.29, 1.82) is 0 Å². The van der Waals surface area contributed by atoms with Gasteiger partial charge in [0.05, 0.1) is 9.91 Å². The second-order valence-electron chi connectivity index (χ2n) is 5.30. The quantitative estimate of drug-likeness (QED) is 0.343. The van der Waals surface area contributed by atoms with Gasteiger partial charge in [0.15, 0.2) is 5.06 Å². The summed E-state index contributed by atoms with van der Waals surface area (Å²) in [5.41, 5.74) is 3.40. The maximum Gasteiger partial charge on any atom is 0.333 e. The highest BCUT2D eigenvalue weighted by molar-refractivity contribution is 7.18. The zero-order valence-corrected chi connectivity index (χ0v) is 17.4. The maximum atomic E-state index is 10.8. The van der Waals surface area contributed by atoms with Crippen molar-refractivity contribution >= 4 is 34.6 Å². The number of carboxylic acids is 1. The summed E-state index contributed by atoms with van der Waals surface area (Å²) in [6.07, 6.45) is 8.26. The van der Waals surface area contributed by atoms with Crippen LogP contribution in [-0.4, -0.2) is 21.9 Å². The summed E-state index contributed by atoms with van der Waals surface area (Å²) in [5, 5.41) is 18.0. The number of carboxylic acid groups (broad SMARTS) is 1. The van der Waals surface area contributed by atoms with Crippen LogP contribution in [0.3, 0.4) is 0 Å². The molecule has 2 N–H and O–H groups in total. The van der Waals surface area contributed by atoms with Gasteiger partial charge in [-0.25, -0.2) is 4.79 Å². The van der Waals surface area contributed by atoms with Gasteiger partial charge >= 0.3 is 5.97 Å². The lowest BCUT2D eigenvalue weighted by Crippen LogP contribution is -2.01. The van der Waals surface area contributed by atoms with Crippen LogP contribution in [0.1, 0.15) is 40.2 Å². The molecular formula is C20H26ClNO3S. The fourth-order valence-corrected chi connectivity index (χ4v) is 2.87. The highest BCUT2D eigenvalue weighted by Gasteiger charge is 2.05. The highest BCUT2D eigenvalue weighted by atomic mass is 35.5. The van der Waals surface area contributed by atoms with E-state index in [1.165, 1.54) is 18.3 Å². The molecule has 0 radical (unpaired) electrons. The van der Waals surface area contributed by atoms with Crippen molar-refractivity contribution < 1.29 is 15.0 Å². The van der Waals surface area contributed by atoms with Gasteiger partial charge in [0, 0.05) is 11.4 Å². The Hall–Kier alpha value is -2.11. The number of hydrogen-bond donors (Lipinski definition) is 2. The third-order valence-electron chi connectivity index (χ3n) is 3.43. The van der Waals surface area contributed by atoms with Crippen molar-refractivity contribution in [3.05, 3.63) is 63.7 Å². The van der Waals surface area contributed by atoms with Crippen molar-refractivity contribution in [3.8, 4) is 5.06 Å². The molecule has 1 heterocycles. The van der Waals surface area contributed by atoms with Crippen LogP contribution < -0.4 is 0 Å². The Morgan fingerprint density at radius 3 is 2.35 bits per heavy atom. The number of aromatic hydroxyl groups is 1. The number of rotatable bonds is 6. The van der Waals surface area contributed by atoms with Crippen LogP contribution in [-0.2, 0) is 11.2 Å². The van der Waals surface area contributed by atoms with Crippen LogP contribution in [0.5, 0.6) is 5.06 Å². The first-order valence-electron chi connectivity index (χ1n) is 8.06. The van der Waals surface area contributed by atoms with Gasteiger partial charge in [0.25, 0.3) is 0 Å². The van der Waals surface area contributed by atoms with Crippen molar-refractivity contribution in [3.63, 3.8) is 0 Å². The molecule has 0 saturated carbocycles. The lowest BCUT2D eigenvalue weighted by Gasteiger charge is -2.03. The van der Waals surface area contributed by atoms with Gasteiger partial charge < -0.3 is 10.2 Å². The topological polar surface area (TPSA) is 69.9 Å². The van der Waals surface area contributed by atoms with E-state index < -0.39 is 5.97 Å². The van der Waals surface area contributed by atoms with E-state index in [9.17, 15) is 4.79 Å². The number of aliphatic carboxylic acids is 1. The Morgan fingerprint density at radius 2 is 2.00 bits per heavy atom. The van der Waals surface area contributed by atoms with Crippen molar-refractivity contribution in [2.75, 3.05) is 0 Å². The second kappa shape index (κ2) is 12.3. The Balaban J connectivity index is 0.000000577. The van der Waals surface area contributed by atoms with Gasteiger partial charge in [-0.15, -0.1) is 0 Å². The summed E-state index contributed by atoms with van der Waals surface area (Å²) in [6.45, 7) is 12.7. The molecule has 0 aromatic carbocycles. The van der Waals surface area contributed by atoms with E-state index in [1.807, 2.05) is 39.0 Å². The largest absolute Gasteiger partial charge is 0.499 e. The van der Waals surface area contributed by atoms with Crippen molar-refractivity contribution in [2.45, 2.75) is 41.0 Å². The summed E-state index contributed by atoms with van der Waals surface area (Å²) in [5.74, 6) is -0.948. The van der Waals surface area contributed by atoms with Crippen molar-refractivity contribution in [2.24, 2.45) is 4.99 Å². The number of aryl methyl sites for hydroxylation is 1. The molecule has 6 heteroatoms. The smallest absolute Gasteiger partial charge is 0.333 e. The molecule has 0 aliphatic carbocycles. The Kier molecular flexibility index (Phi) is 11.3. The van der Waals surface area contributed by atoms with E-state index in [1.54, 1.807) is 19.1 Å². The molecule has 1 aromatic rings. The summed E-state index contributed by atoms with van der Waals surface area (Å²) in [4.78, 5) is 15.0. The molecule has 0 saturated heterocycles.